The van der Waals surface area contributed by atoms with Crippen LogP contribution in [0.1, 0.15) is 33.1 Å². The third-order valence-corrected chi connectivity index (χ3v) is 4.62. The van der Waals surface area contributed by atoms with Crippen LogP contribution in [-0.4, -0.2) is 44.7 Å². The van der Waals surface area contributed by atoms with Gasteiger partial charge in [0.1, 0.15) is 0 Å². The van der Waals surface area contributed by atoms with Crippen molar-refractivity contribution in [2.75, 3.05) is 26.2 Å². The van der Waals surface area contributed by atoms with Crippen LogP contribution in [0.2, 0.25) is 0 Å². The van der Waals surface area contributed by atoms with Crippen LogP contribution >= 0.6 is 0 Å². The summed E-state index contributed by atoms with van der Waals surface area (Å²) in [6.45, 7) is 7.33. The molecule has 0 aromatic carbocycles. The summed E-state index contributed by atoms with van der Waals surface area (Å²) < 4.78 is 25.4. The average molecular weight is 234 g/mol. The van der Waals surface area contributed by atoms with Crippen molar-refractivity contribution in [1.29, 1.82) is 0 Å². The van der Waals surface area contributed by atoms with Crippen LogP contribution in [0.25, 0.3) is 0 Å². The molecule has 0 aromatic heterocycles. The highest BCUT2D eigenvalue weighted by atomic mass is 32.2. The van der Waals surface area contributed by atoms with Crippen molar-refractivity contribution in [3.63, 3.8) is 0 Å². The quantitative estimate of drug-likeness (QED) is 0.692. The van der Waals surface area contributed by atoms with Crippen molar-refractivity contribution in [2.45, 2.75) is 38.4 Å². The molecular weight excluding hydrogens is 212 g/mol. The lowest BCUT2D eigenvalue weighted by molar-refractivity contribution is 0.334. The van der Waals surface area contributed by atoms with Gasteiger partial charge in [-0.15, -0.1) is 0 Å². The van der Waals surface area contributed by atoms with Gasteiger partial charge in [0, 0.05) is 6.54 Å². The smallest absolute Gasteiger partial charge is 0.213 e. The first-order valence-electron chi connectivity index (χ1n) is 5.73. The highest BCUT2D eigenvalue weighted by Gasteiger charge is 2.15. The summed E-state index contributed by atoms with van der Waals surface area (Å²) in [6, 6.07) is 0. The zero-order valence-electron chi connectivity index (χ0n) is 9.70. The molecule has 0 bridgehead atoms. The first kappa shape index (κ1) is 12.9. The molecule has 0 aromatic rings. The molecule has 0 radical (unpaired) electrons. The number of sulfonamides is 1. The lowest BCUT2D eigenvalue weighted by Gasteiger charge is -2.15. The summed E-state index contributed by atoms with van der Waals surface area (Å²) in [5.74, 6) is 0. The molecule has 1 N–H and O–H groups in total. The van der Waals surface area contributed by atoms with Crippen molar-refractivity contribution >= 4 is 10.0 Å². The van der Waals surface area contributed by atoms with Gasteiger partial charge in [0.15, 0.2) is 0 Å². The summed E-state index contributed by atoms with van der Waals surface area (Å²) >= 11 is 0. The first-order chi connectivity index (χ1) is 7.02. The van der Waals surface area contributed by atoms with E-state index < -0.39 is 10.0 Å². The third-order valence-electron chi connectivity index (χ3n) is 2.77. The lowest BCUT2D eigenvalue weighted by Crippen LogP contribution is -2.33. The molecule has 1 aliphatic rings. The molecule has 0 unspecified atom stereocenters. The van der Waals surface area contributed by atoms with E-state index in [0.29, 0.717) is 6.54 Å². The third kappa shape index (κ3) is 4.49. The highest BCUT2D eigenvalue weighted by molar-refractivity contribution is 7.90. The van der Waals surface area contributed by atoms with Crippen molar-refractivity contribution in [1.82, 2.24) is 9.62 Å². The van der Waals surface area contributed by atoms with Crippen molar-refractivity contribution < 1.29 is 8.42 Å². The van der Waals surface area contributed by atoms with Crippen LogP contribution in [0.3, 0.4) is 0 Å². The van der Waals surface area contributed by atoms with Crippen molar-refractivity contribution in [3.05, 3.63) is 0 Å². The second kappa shape index (κ2) is 5.82. The number of nitrogens with one attached hydrogen (secondary N) is 1. The molecule has 1 rings (SSSR count). The number of hydrogen-bond acceptors (Lipinski definition) is 3. The number of likely N-dealkylation sites (tertiary alicyclic amines) is 1. The second-order valence-corrected chi connectivity index (χ2v) is 6.71. The summed E-state index contributed by atoms with van der Waals surface area (Å²) in [7, 11) is -3.06. The topological polar surface area (TPSA) is 49.4 Å². The van der Waals surface area contributed by atoms with Crippen LogP contribution in [0.15, 0.2) is 0 Å². The monoisotopic (exact) mass is 234 g/mol. The zero-order valence-corrected chi connectivity index (χ0v) is 10.5. The average Bonchev–Trinajstić information content (AvgIpc) is 2.64. The minimum absolute atomic E-state index is 0.329. The van der Waals surface area contributed by atoms with Gasteiger partial charge in [0.05, 0.1) is 5.25 Å². The molecule has 1 aliphatic heterocycles. The SMILES string of the molecule is CC(C)S(=O)(=O)NCCCN1CCCC1. The molecular formula is C10H22N2O2S. The molecule has 0 amide bonds. The Labute approximate surface area is 93.1 Å². The Kier molecular flexibility index (Phi) is 5.02. The van der Waals surface area contributed by atoms with E-state index >= 15 is 0 Å². The number of nitrogens with zero attached hydrogens (tertiary/aromatic N) is 1. The van der Waals surface area contributed by atoms with E-state index in [2.05, 4.69) is 9.62 Å². The van der Waals surface area contributed by atoms with E-state index in [0.717, 1.165) is 13.0 Å². The molecule has 1 heterocycles. The fourth-order valence-corrected chi connectivity index (χ4v) is 2.45. The maximum Gasteiger partial charge on any atom is 0.213 e. The van der Waals surface area contributed by atoms with E-state index in [9.17, 15) is 8.42 Å². The Morgan fingerprint density at radius 3 is 2.40 bits per heavy atom. The molecule has 0 aliphatic carbocycles. The van der Waals surface area contributed by atoms with Crippen LogP contribution in [0.4, 0.5) is 0 Å². The van der Waals surface area contributed by atoms with E-state index in [1.54, 1.807) is 13.8 Å². The minimum Gasteiger partial charge on any atom is -0.303 e. The fraction of sp³-hybridized carbons (Fsp3) is 1.00. The minimum atomic E-state index is -3.06. The predicted octanol–water partition coefficient (Wildman–Crippen LogP) is 0.800. The van der Waals surface area contributed by atoms with E-state index in [-0.39, 0.29) is 5.25 Å². The molecule has 4 nitrogen and oxygen atoms in total. The Morgan fingerprint density at radius 1 is 1.27 bits per heavy atom. The summed E-state index contributed by atoms with van der Waals surface area (Å²) in [5.41, 5.74) is 0. The Hall–Kier alpha value is -0.130. The van der Waals surface area contributed by atoms with E-state index in [1.165, 1.54) is 25.9 Å². The number of rotatable bonds is 6. The Bertz CT molecular complexity index is 269. The summed E-state index contributed by atoms with van der Waals surface area (Å²) in [4.78, 5) is 2.39. The molecule has 0 saturated carbocycles. The highest BCUT2D eigenvalue weighted by Crippen LogP contribution is 2.07. The first-order valence-corrected chi connectivity index (χ1v) is 7.28. The van der Waals surface area contributed by atoms with Gasteiger partial charge in [-0.25, -0.2) is 13.1 Å². The van der Waals surface area contributed by atoms with E-state index in [4.69, 9.17) is 0 Å². The van der Waals surface area contributed by atoms with Crippen LogP contribution in [0.5, 0.6) is 0 Å². The summed E-state index contributed by atoms with van der Waals surface area (Å²) in [5, 5.41) is -0.329. The van der Waals surface area contributed by atoms with Gasteiger partial charge in [-0.3, -0.25) is 0 Å². The Morgan fingerprint density at radius 2 is 1.87 bits per heavy atom. The van der Waals surface area contributed by atoms with Gasteiger partial charge in [0.25, 0.3) is 0 Å². The van der Waals surface area contributed by atoms with E-state index in [1.807, 2.05) is 0 Å². The molecule has 0 spiro atoms. The van der Waals surface area contributed by atoms with Crippen molar-refractivity contribution in [2.24, 2.45) is 0 Å². The largest absolute Gasteiger partial charge is 0.303 e. The standard InChI is InChI=1S/C10H22N2O2S/c1-10(2)15(13,14)11-6-5-9-12-7-3-4-8-12/h10-11H,3-9H2,1-2H3. The van der Waals surface area contributed by atoms with Gasteiger partial charge in [-0.05, 0) is 52.7 Å². The number of hydrogen-bond donors (Lipinski definition) is 1. The Balaban J connectivity index is 2.11. The maximum atomic E-state index is 11.4. The van der Waals surface area contributed by atoms with Crippen LogP contribution in [0, 0.1) is 0 Å². The van der Waals surface area contributed by atoms with Crippen LogP contribution < -0.4 is 4.72 Å². The van der Waals surface area contributed by atoms with Crippen molar-refractivity contribution in [3.8, 4) is 0 Å². The van der Waals surface area contributed by atoms with Gasteiger partial charge in [-0.2, -0.15) is 0 Å². The van der Waals surface area contributed by atoms with Gasteiger partial charge >= 0.3 is 0 Å². The molecule has 0 atom stereocenters. The van der Waals surface area contributed by atoms with Gasteiger partial charge in [-0.1, -0.05) is 0 Å². The second-order valence-electron chi connectivity index (χ2n) is 4.39. The molecule has 15 heavy (non-hydrogen) atoms. The normalized spacial score (nSPS) is 18.9. The predicted molar refractivity (Wildman–Crippen MR) is 62.3 cm³/mol. The molecule has 90 valence electrons. The molecule has 5 heteroatoms. The molecule has 1 saturated heterocycles. The van der Waals surface area contributed by atoms with Crippen LogP contribution in [-0.2, 0) is 10.0 Å². The summed E-state index contributed by atoms with van der Waals surface area (Å²) in [6.07, 6.45) is 3.49. The van der Waals surface area contributed by atoms with Gasteiger partial charge < -0.3 is 4.90 Å². The fourth-order valence-electron chi connectivity index (χ4n) is 1.69. The zero-order chi connectivity index (χ0) is 11.3. The molecule has 1 fully saturated rings. The lowest BCUT2D eigenvalue weighted by atomic mass is 10.4. The van der Waals surface area contributed by atoms with Gasteiger partial charge in [0.2, 0.25) is 10.0 Å². The maximum absolute atomic E-state index is 11.4.